The van der Waals surface area contributed by atoms with Gasteiger partial charge in [-0.2, -0.15) is 0 Å². The lowest BCUT2D eigenvalue weighted by molar-refractivity contribution is -0.898. The lowest BCUT2D eigenvalue weighted by Crippen LogP contribution is -3.11. The van der Waals surface area contributed by atoms with Crippen LogP contribution in [0, 0.1) is 0 Å². The number of carbonyl (C=O) groups is 1. The van der Waals surface area contributed by atoms with E-state index in [2.05, 4.69) is 19.2 Å². The van der Waals surface area contributed by atoms with Crippen LogP contribution in [-0.4, -0.2) is 56.1 Å². The summed E-state index contributed by atoms with van der Waals surface area (Å²) in [5.74, 6) is 0.336. The molecular weight excluding hydrogens is 226 g/mol. The number of nitrogens with one attached hydrogen (secondary N) is 1. The van der Waals surface area contributed by atoms with Gasteiger partial charge in [0.1, 0.15) is 0 Å². The molecule has 0 spiro atoms. The third kappa shape index (κ3) is 4.94. The molecule has 0 aromatic rings. The summed E-state index contributed by atoms with van der Waals surface area (Å²) in [6.45, 7) is 13.2. The van der Waals surface area contributed by atoms with Crippen molar-refractivity contribution in [2.24, 2.45) is 0 Å². The van der Waals surface area contributed by atoms with Gasteiger partial charge < -0.3 is 15.1 Å². The second kappa shape index (κ2) is 8.48. The predicted molar refractivity (Wildman–Crippen MR) is 73.6 cm³/mol. The molecule has 3 N–H and O–H groups in total. The van der Waals surface area contributed by atoms with Crippen LogP contribution in [0.3, 0.4) is 0 Å². The van der Waals surface area contributed by atoms with Crippen molar-refractivity contribution in [1.29, 1.82) is 0 Å². The number of rotatable bonds is 8. The topological polar surface area (TPSA) is 41.4 Å². The molecule has 0 aromatic heterocycles. The maximum Gasteiger partial charge on any atom is 0.280 e. The van der Waals surface area contributed by atoms with E-state index in [-0.39, 0.29) is 6.04 Å². The molecule has 0 bridgehead atoms. The zero-order valence-electron chi connectivity index (χ0n) is 12.4. The molecule has 1 aliphatic rings. The van der Waals surface area contributed by atoms with Gasteiger partial charge >= 0.3 is 0 Å². The number of quaternary nitrogens is 2. The summed E-state index contributed by atoms with van der Waals surface area (Å²) in [7, 11) is 0. The Morgan fingerprint density at radius 2 is 1.89 bits per heavy atom. The zero-order valence-corrected chi connectivity index (χ0v) is 12.4. The molecule has 4 heteroatoms. The minimum Gasteiger partial charge on any atom is -0.338 e. The average Bonchev–Trinajstić information content (AvgIpc) is 2.91. The van der Waals surface area contributed by atoms with Crippen LogP contribution in [-0.2, 0) is 4.79 Å². The van der Waals surface area contributed by atoms with Crippen LogP contribution in [0.25, 0.3) is 0 Å². The number of hydrogen-bond donors (Lipinski definition) is 2. The van der Waals surface area contributed by atoms with E-state index >= 15 is 0 Å². The monoisotopic (exact) mass is 257 g/mol. The highest BCUT2D eigenvalue weighted by molar-refractivity contribution is 5.80. The summed E-state index contributed by atoms with van der Waals surface area (Å²) in [6.07, 6.45) is 3.57. The van der Waals surface area contributed by atoms with Crippen LogP contribution in [0.2, 0.25) is 0 Å². The van der Waals surface area contributed by atoms with E-state index in [0.29, 0.717) is 5.91 Å². The summed E-state index contributed by atoms with van der Waals surface area (Å²) in [6, 6.07) is 0.106. The first kappa shape index (κ1) is 15.4. The molecule has 0 aliphatic carbocycles. The average molecular weight is 257 g/mol. The van der Waals surface area contributed by atoms with Crippen molar-refractivity contribution in [3.63, 3.8) is 0 Å². The third-order valence-corrected chi connectivity index (χ3v) is 4.06. The summed E-state index contributed by atoms with van der Waals surface area (Å²) in [5.41, 5.74) is 0. The first-order chi connectivity index (χ1) is 8.69. The van der Waals surface area contributed by atoms with E-state index in [1.165, 1.54) is 38.9 Å². The van der Waals surface area contributed by atoms with Gasteiger partial charge in [0.2, 0.25) is 0 Å². The number of likely N-dealkylation sites (tertiary alicyclic amines) is 1. The van der Waals surface area contributed by atoms with Gasteiger partial charge in [0, 0.05) is 19.5 Å². The summed E-state index contributed by atoms with van der Waals surface area (Å²) in [5, 5.41) is 2.21. The van der Waals surface area contributed by atoms with E-state index in [4.69, 9.17) is 0 Å². The van der Waals surface area contributed by atoms with Crippen LogP contribution >= 0.6 is 0 Å². The van der Waals surface area contributed by atoms with E-state index in [9.17, 15) is 4.79 Å². The number of nitrogens with zero attached hydrogens (tertiary/aromatic N) is 1. The van der Waals surface area contributed by atoms with Crippen LogP contribution in [0.15, 0.2) is 0 Å². The second-order valence-electron chi connectivity index (χ2n) is 5.41. The molecule has 4 nitrogen and oxygen atoms in total. The second-order valence-corrected chi connectivity index (χ2v) is 5.41. The van der Waals surface area contributed by atoms with Gasteiger partial charge in [-0.15, -0.1) is 0 Å². The number of carbonyl (C=O) groups excluding carboxylic acids is 1. The van der Waals surface area contributed by atoms with Gasteiger partial charge in [0.05, 0.1) is 26.2 Å². The van der Waals surface area contributed by atoms with E-state index in [1.807, 2.05) is 11.8 Å². The molecule has 1 aliphatic heterocycles. The van der Waals surface area contributed by atoms with Crippen molar-refractivity contribution >= 4 is 5.91 Å². The highest BCUT2D eigenvalue weighted by Gasteiger charge is 2.25. The van der Waals surface area contributed by atoms with Crippen molar-refractivity contribution in [3.05, 3.63) is 0 Å². The predicted octanol–water partition coefficient (Wildman–Crippen LogP) is -1.12. The van der Waals surface area contributed by atoms with Crippen molar-refractivity contribution in [1.82, 2.24) is 4.90 Å². The highest BCUT2D eigenvalue weighted by atomic mass is 16.2. The summed E-state index contributed by atoms with van der Waals surface area (Å²) >= 11 is 0. The van der Waals surface area contributed by atoms with Crippen LogP contribution in [0.5, 0.6) is 0 Å². The Morgan fingerprint density at radius 1 is 1.28 bits per heavy atom. The van der Waals surface area contributed by atoms with Crippen molar-refractivity contribution in [2.75, 3.05) is 39.3 Å². The van der Waals surface area contributed by atoms with Crippen LogP contribution in [0.4, 0.5) is 0 Å². The van der Waals surface area contributed by atoms with Gasteiger partial charge in [-0.25, -0.2) is 0 Å². The minimum atomic E-state index is 0.106. The fourth-order valence-corrected chi connectivity index (χ4v) is 2.65. The van der Waals surface area contributed by atoms with Crippen molar-refractivity contribution in [2.45, 2.75) is 46.1 Å². The Morgan fingerprint density at radius 3 is 2.44 bits per heavy atom. The molecule has 0 aromatic carbocycles. The van der Waals surface area contributed by atoms with Crippen LogP contribution in [0.1, 0.15) is 40.0 Å². The van der Waals surface area contributed by atoms with Gasteiger partial charge in [-0.1, -0.05) is 0 Å². The fourth-order valence-electron chi connectivity index (χ4n) is 2.65. The van der Waals surface area contributed by atoms with Crippen LogP contribution < -0.4 is 10.2 Å². The lowest BCUT2D eigenvalue weighted by atomic mass is 10.2. The quantitative estimate of drug-likeness (QED) is 0.531. The minimum absolute atomic E-state index is 0.106. The molecule has 1 rings (SSSR count). The lowest BCUT2D eigenvalue weighted by Gasteiger charge is -2.19. The Balaban J connectivity index is 2.12. The maximum absolute atomic E-state index is 12.1. The molecule has 0 saturated carbocycles. The molecule has 18 heavy (non-hydrogen) atoms. The number of amides is 1. The summed E-state index contributed by atoms with van der Waals surface area (Å²) in [4.78, 5) is 15.8. The standard InChI is InChI=1S/C14H29N3O/c1-4-16(5-2)10-8-9-15-13(3)14(18)17-11-6-7-12-17/h13,15H,4-12H2,1-3H3/p+2/t13-/m0/s1. The molecule has 1 saturated heterocycles. The Kier molecular flexibility index (Phi) is 7.28. The van der Waals surface area contributed by atoms with E-state index in [1.54, 1.807) is 4.90 Å². The number of hydrogen-bond acceptors (Lipinski definition) is 1. The Hall–Kier alpha value is -0.610. The van der Waals surface area contributed by atoms with Crippen molar-refractivity contribution < 1.29 is 15.0 Å². The zero-order chi connectivity index (χ0) is 13.4. The molecule has 1 amide bonds. The Bertz CT molecular complexity index is 235. The third-order valence-electron chi connectivity index (χ3n) is 4.06. The molecular formula is C14H31N3O+2. The molecule has 106 valence electrons. The first-order valence-corrected chi connectivity index (χ1v) is 7.64. The molecule has 0 radical (unpaired) electrons. The van der Waals surface area contributed by atoms with E-state index in [0.717, 1.165) is 19.6 Å². The fraction of sp³-hybridized carbons (Fsp3) is 0.929. The van der Waals surface area contributed by atoms with Gasteiger partial charge in [0.25, 0.3) is 5.91 Å². The largest absolute Gasteiger partial charge is 0.338 e. The first-order valence-electron chi connectivity index (χ1n) is 7.64. The smallest absolute Gasteiger partial charge is 0.280 e. The maximum atomic E-state index is 12.1. The molecule has 1 heterocycles. The summed E-state index contributed by atoms with van der Waals surface area (Å²) < 4.78 is 0. The molecule has 1 fully saturated rings. The van der Waals surface area contributed by atoms with Gasteiger partial charge in [0.15, 0.2) is 6.04 Å². The van der Waals surface area contributed by atoms with Gasteiger partial charge in [-0.05, 0) is 33.6 Å². The van der Waals surface area contributed by atoms with E-state index < -0.39 is 0 Å². The van der Waals surface area contributed by atoms with Crippen molar-refractivity contribution in [3.8, 4) is 0 Å². The normalized spacial score (nSPS) is 17.4. The van der Waals surface area contributed by atoms with Gasteiger partial charge in [-0.3, -0.25) is 4.79 Å². The molecule has 1 atom stereocenters. The highest BCUT2D eigenvalue weighted by Crippen LogP contribution is 2.07. The SMILES string of the molecule is CC[NH+](CC)CCC[NH2+][C@@H](C)C(=O)N1CCCC1. The Labute approximate surface area is 112 Å². The number of nitrogens with two attached hydrogens (primary N) is 1. The molecule has 0 unspecified atom stereocenters.